The maximum Gasteiger partial charge on any atom is 0.0662 e. The predicted molar refractivity (Wildman–Crippen MR) is 69.9 cm³/mol. The van der Waals surface area contributed by atoms with Gasteiger partial charge in [0, 0.05) is 31.0 Å². The fraction of sp³-hybridized carbons (Fsp3) is 0.769. The summed E-state index contributed by atoms with van der Waals surface area (Å²) in [5.41, 5.74) is 1.23. The van der Waals surface area contributed by atoms with Gasteiger partial charge >= 0.3 is 0 Å². The number of ether oxygens (including phenoxy) is 1. The van der Waals surface area contributed by atoms with Crippen LogP contribution in [0.15, 0.2) is 12.4 Å². The van der Waals surface area contributed by atoms with Gasteiger partial charge in [0.05, 0.1) is 19.3 Å². The second-order valence-electron chi connectivity index (χ2n) is 4.61. The summed E-state index contributed by atoms with van der Waals surface area (Å²) in [6.07, 6.45) is 6.33. The van der Waals surface area contributed by atoms with Crippen molar-refractivity contribution in [3.05, 3.63) is 18.0 Å². The highest BCUT2D eigenvalue weighted by Crippen LogP contribution is 1.98. The van der Waals surface area contributed by atoms with Crippen molar-refractivity contribution >= 4 is 0 Å². The van der Waals surface area contributed by atoms with Gasteiger partial charge < -0.3 is 10.1 Å². The molecule has 1 aromatic rings. The summed E-state index contributed by atoms with van der Waals surface area (Å²) in [6, 6.07) is 0.510. The van der Waals surface area contributed by atoms with Crippen LogP contribution in [0.2, 0.25) is 0 Å². The van der Waals surface area contributed by atoms with Crippen LogP contribution >= 0.6 is 0 Å². The molecule has 1 rings (SSSR count). The molecule has 1 heterocycles. The van der Waals surface area contributed by atoms with Crippen molar-refractivity contribution < 1.29 is 4.74 Å². The molecule has 0 saturated carbocycles. The largest absolute Gasteiger partial charge is 0.380 e. The number of rotatable bonds is 9. The monoisotopic (exact) mass is 239 g/mol. The summed E-state index contributed by atoms with van der Waals surface area (Å²) in [5, 5.41) is 7.68. The molecule has 0 aliphatic carbocycles. The smallest absolute Gasteiger partial charge is 0.0662 e. The van der Waals surface area contributed by atoms with Gasteiger partial charge in [0.2, 0.25) is 0 Å². The molecule has 0 bridgehead atoms. The van der Waals surface area contributed by atoms with Crippen LogP contribution in [0.5, 0.6) is 0 Å². The Labute approximate surface area is 104 Å². The van der Waals surface area contributed by atoms with Crippen molar-refractivity contribution in [2.45, 2.75) is 52.7 Å². The number of aromatic nitrogens is 2. The van der Waals surface area contributed by atoms with Gasteiger partial charge in [-0.1, -0.05) is 27.2 Å². The van der Waals surface area contributed by atoms with Crippen molar-refractivity contribution in [1.29, 1.82) is 0 Å². The van der Waals surface area contributed by atoms with E-state index in [0.717, 1.165) is 32.7 Å². The summed E-state index contributed by atoms with van der Waals surface area (Å²) >= 11 is 0. The van der Waals surface area contributed by atoms with E-state index in [4.69, 9.17) is 4.74 Å². The molecule has 0 aromatic carbocycles. The van der Waals surface area contributed by atoms with E-state index in [2.05, 4.69) is 37.4 Å². The van der Waals surface area contributed by atoms with E-state index in [0.29, 0.717) is 6.04 Å². The number of hydrogen-bond acceptors (Lipinski definition) is 3. The van der Waals surface area contributed by atoms with Gasteiger partial charge in [-0.05, 0) is 6.42 Å². The van der Waals surface area contributed by atoms with E-state index in [1.165, 1.54) is 12.0 Å². The van der Waals surface area contributed by atoms with Crippen LogP contribution in [-0.2, 0) is 17.8 Å². The van der Waals surface area contributed by atoms with Crippen LogP contribution < -0.4 is 5.32 Å². The highest BCUT2D eigenvalue weighted by atomic mass is 16.5. The van der Waals surface area contributed by atoms with Crippen molar-refractivity contribution in [1.82, 2.24) is 15.1 Å². The summed E-state index contributed by atoms with van der Waals surface area (Å²) in [4.78, 5) is 0. The number of unbranched alkanes of at least 4 members (excludes halogenated alkanes) is 1. The summed E-state index contributed by atoms with van der Waals surface area (Å²) in [7, 11) is 0. The van der Waals surface area contributed by atoms with Crippen LogP contribution in [-0.4, -0.2) is 29.0 Å². The summed E-state index contributed by atoms with van der Waals surface area (Å²) in [6.45, 7) is 9.79. The van der Waals surface area contributed by atoms with Crippen LogP contribution in [0.3, 0.4) is 0 Å². The van der Waals surface area contributed by atoms with Gasteiger partial charge in [0.15, 0.2) is 0 Å². The molecule has 0 spiro atoms. The molecule has 0 atom stereocenters. The second kappa shape index (κ2) is 8.25. The van der Waals surface area contributed by atoms with Crippen LogP contribution in [0, 0.1) is 0 Å². The minimum absolute atomic E-state index is 0.510. The second-order valence-corrected chi connectivity index (χ2v) is 4.61. The van der Waals surface area contributed by atoms with Crippen molar-refractivity contribution in [3.63, 3.8) is 0 Å². The Morgan fingerprint density at radius 3 is 2.94 bits per heavy atom. The molecule has 4 heteroatoms. The lowest BCUT2D eigenvalue weighted by atomic mass is 10.3. The maximum absolute atomic E-state index is 5.51. The summed E-state index contributed by atoms with van der Waals surface area (Å²) in [5.74, 6) is 0. The Balaban J connectivity index is 2.17. The van der Waals surface area contributed by atoms with Crippen LogP contribution in [0.1, 0.15) is 39.2 Å². The number of nitrogens with zero attached hydrogens (tertiary/aromatic N) is 2. The van der Waals surface area contributed by atoms with Crippen molar-refractivity contribution in [2.24, 2.45) is 0 Å². The third-order valence-electron chi connectivity index (χ3n) is 2.51. The number of hydrogen-bond donors (Lipinski definition) is 1. The predicted octanol–water partition coefficient (Wildman–Crippen LogP) is 2.20. The molecule has 0 radical (unpaired) electrons. The zero-order valence-corrected chi connectivity index (χ0v) is 11.3. The molecular formula is C13H25N3O. The van der Waals surface area contributed by atoms with Gasteiger partial charge in [-0.25, -0.2) is 0 Å². The lowest BCUT2D eigenvalue weighted by molar-refractivity contribution is 0.121. The molecule has 1 N–H and O–H groups in total. The standard InChI is InChI=1S/C13H25N3O/c1-4-5-7-17-8-6-16-11-13(10-15-16)9-14-12(2)3/h10-12,14H,4-9H2,1-3H3. The minimum Gasteiger partial charge on any atom is -0.380 e. The number of nitrogens with one attached hydrogen (secondary N) is 1. The lowest BCUT2D eigenvalue weighted by Gasteiger charge is -2.05. The van der Waals surface area contributed by atoms with Gasteiger partial charge in [0.25, 0.3) is 0 Å². The van der Waals surface area contributed by atoms with E-state index in [9.17, 15) is 0 Å². The Morgan fingerprint density at radius 2 is 2.24 bits per heavy atom. The topological polar surface area (TPSA) is 39.1 Å². The molecule has 0 saturated heterocycles. The molecule has 1 aromatic heterocycles. The van der Waals surface area contributed by atoms with E-state index in [1.54, 1.807) is 0 Å². The fourth-order valence-corrected chi connectivity index (χ4v) is 1.45. The summed E-state index contributed by atoms with van der Waals surface area (Å²) < 4.78 is 7.46. The van der Waals surface area contributed by atoms with Gasteiger partial charge in [-0.3, -0.25) is 4.68 Å². The zero-order valence-electron chi connectivity index (χ0n) is 11.3. The Hall–Kier alpha value is -0.870. The van der Waals surface area contributed by atoms with Crippen LogP contribution in [0.4, 0.5) is 0 Å². The molecule has 17 heavy (non-hydrogen) atoms. The molecular weight excluding hydrogens is 214 g/mol. The molecule has 0 unspecified atom stereocenters. The zero-order chi connectivity index (χ0) is 12.5. The van der Waals surface area contributed by atoms with Crippen LogP contribution in [0.25, 0.3) is 0 Å². The van der Waals surface area contributed by atoms with Gasteiger partial charge in [-0.15, -0.1) is 0 Å². The van der Waals surface area contributed by atoms with E-state index in [-0.39, 0.29) is 0 Å². The molecule has 0 amide bonds. The first kappa shape index (κ1) is 14.2. The SMILES string of the molecule is CCCCOCCn1cc(CNC(C)C)cn1. The average Bonchev–Trinajstić information content (AvgIpc) is 2.74. The third kappa shape index (κ3) is 6.44. The van der Waals surface area contributed by atoms with Crippen molar-refractivity contribution in [3.8, 4) is 0 Å². The Bertz CT molecular complexity index is 297. The van der Waals surface area contributed by atoms with E-state index >= 15 is 0 Å². The normalized spacial score (nSPS) is 11.3. The highest BCUT2D eigenvalue weighted by Gasteiger charge is 1.99. The maximum atomic E-state index is 5.51. The van der Waals surface area contributed by atoms with Crippen molar-refractivity contribution in [2.75, 3.05) is 13.2 Å². The third-order valence-corrected chi connectivity index (χ3v) is 2.51. The lowest BCUT2D eigenvalue weighted by Crippen LogP contribution is -2.21. The molecule has 0 aliphatic rings. The molecule has 98 valence electrons. The Morgan fingerprint density at radius 1 is 1.41 bits per heavy atom. The molecule has 4 nitrogen and oxygen atoms in total. The Kier molecular flexibility index (Phi) is 6.89. The first-order valence-electron chi connectivity index (χ1n) is 6.54. The fourth-order valence-electron chi connectivity index (χ4n) is 1.45. The van der Waals surface area contributed by atoms with E-state index < -0.39 is 0 Å². The highest BCUT2D eigenvalue weighted by molar-refractivity contribution is 5.03. The minimum atomic E-state index is 0.510. The quantitative estimate of drug-likeness (QED) is 0.671. The average molecular weight is 239 g/mol. The molecule has 0 aliphatic heterocycles. The van der Waals surface area contributed by atoms with Gasteiger partial charge in [0.1, 0.15) is 0 Å². The van der Waals surface area contributed by atoms with Gasteiger partial charge in [-0.2, -0.15) is 5.10 Å². The van der Waals surface area contributed by atoms with E-state index in [1.807, 2.05) is 10.9 Å². The first-order chi connectivity index (χ1) is 8.22. The molecule has 0 fully saturated rings. The first-order valence-corrected chi connectivity index (χ1v) is 6.54.